The average Bonchev–Trinajstić information content (AvgIpc) is 3.09. The summed E-state index contributed by atoms with van der Waals surface area (Å²) in [5.41, 5.74) is 1.57. The number of carbonyl (C=O) groups excluding carboxylic acids is 2. The van der Waals surface area contributed by atoms with Crippen molar-refractivity contribution >= 4 is 17.8 Å². The second-order valence-electron chi connectivity index (χ2n) is 11.9. The second-order valence-corrected chi connectivity index (χ2v) is 11.9. The van der Waals surface area contributed by atoms with Crippen LogP contribution < -0.4 is 4.74 Å². The van der Waals surface area contributed by atoms with Crippen molar-refractivity contribution in [1.29, 1.82) is 0 Å². The summed E-state index contributed by atoms with van der Waals surface area (Å²) in [5, 5.41) is 0. The molecule has 0 radical (unpaired) electrons. The normalized spacial score (nSPS) is 39.2. The molecule has 36 heavy (non-hydrogen) atoms. The largest absolute Gasteiger partial charge is 0.497 e. The van der Waals surface area contributed by atoms with E-state index in [-0.39, 0.29) is 22.5 Å². The van der Waals surface area contributed by atoms with E-state index >= 15 is 0 Å². The molecule has 0 saturated heterocycles. The summed E-state index contributed by atoms with van der Waals surface area (Å²) in [7, 11) is 1.63. The van der Waals surface area contributed by atoms with Gasteiger partial charge >= 0.3 is 12.1 Å². The number of methoxy groups -OCH3 is 1. The number of hydrogen-bond acceptors (Lipinski definition) is 4. The maximum atomic E-state index is 13.6. The molecule has 196 valence electrons. The van der Waals surface area contributed by atoms with Crippen molar-refractivity contribution in [2.45, 2.75) is 77.5 Å². The molecule has 4 aliphatic carbocycles. The number of carbonyl (C=O) groups is 2. The minimum atomic E-state index is -4.95. The summed E-state index contributed by atoms with van der Waals surface area (Å²) in [6, 6.07) is 7.76. The molecular weight excluding hydrogens is 469 g/mol. The molecule has 0 N–H and O–H groups in total. The lowest BCUT2D eigenvalue weighted by Crippen LogP contribution is -2.54. The zero-order valence-corrected chi connectivity index (χ0v) is 21.2. The fourth-order valence-electron chi connectivity index (χ4n) is 8.24. The molecule has 0 bridgehead atoms. The van der Waals surface area contributed by atoms with E-state index in [1.54, 1.807) is 7.11 Å². The molecule has 5 rings (SSSR count). The first-order valence-electron chi connectivity index (χ1n) is 13.1. The standard InChI is InChI=1S/C29H35F3O4/c1-27-12-10-21(36-26(34)29(30,31)32)16-19(27)6-9-22-23(27)11-13-28(2)24(22)15-18(25(28)33)14-17-4-7-20(35-3)8-5-17/h4-5,7-8,14,19,21-24H,6,9-13,15-16H2,1-3H3/b18-14-/t19-,21-,22+,23-,24-,27-,28-/m0/s1. The van der Waals surface area contributed by atoms with E-state index in [2.05, 4.69) is 13.8 Å². The van der Waals surface area contributed by atoms with E-state index in [0.29, 0.717) is 30.6 Å². The predicted molar refractivity (Wildman–Crippen MR) is 129 cm³/mol. The molecule has 1 aromatic rings. The van der Waals surface area contributed by atoms with Crippen molar-refractivity contribution < 1.29 is 32.2 Å². The van der Waals surface area contributed by atoms with Crippen LogP contribution >= 0.6 is 0 Å². The Morgan fingerprint density at radius 2 is 1.75 bits per heavy atom. The molecule has 7 heteroatoms. The summed E-state index contributed by atoms with van der Waals surface area (Å²) < 4.78 is 48.2. The molecule has 1 aromatic carbocycles. The highest BCUT2D eigenvalue weighted by atomic mass is 19.4. The SMILES string of the molecule is COc1ccc(/C=C2/C[C@H]3[C@@H]4CC[C@H]5C[C@@H](OC(=O)C(F)(F)F)CC[C@]5(C)[C@H]4CC[C@]3(C)C2=O)cc1. The highest BCUT2D eigenvalue weighted by molar-refractivity contribution is 6.05. The number of benzene rings is 1. The maximum Gasteiger partial charge on any atom is 0.490 e. The van der Waals surface area contributed by atoms with E-state index in [4.69, 9.17) is 9.47 Å². The lowest BCUT2D eigenvalue weighted by molar-refractivity contribution is -0.210. The Bertz CT molecular complexity index is 1060. The topological polar surface area (TPSA) is 52.6 Å². The minimum absolute atomic E-state index is 0.0108. The molecule has 4 nitrogen and oxygen atoms in total. The van der Waals surface area contributed by atoms with Gasteiger partial charge in [0.05, 0.1) is 7.11 Å². The summed E-state index contributed by atoms with van der Waals surface area (Å²) in [6.45, 7) is 4.44. The quantitative estimate of drug-likeness (QED) is 0.337. The van der Waals surface area contributed by atoms with Gasteiger partial charge in [-0.25, -0.2) is 4.79 Å². The van der Waals surface area contributed by atoms with Gasteiger partial charge in [-0.3, -0.25) is 4.79 Å². The van der Waals surface area contributed by atoms with Crippen molar-refractivity contribution in [2.75, 3.05) is 7.11 Å². The lowest BCUT2D eigenvalue weighted by atomic mass is 9.45. The van der Waals surface area contributed by atoms with Crippen molar-refractivity contribution in [3.8, 4) is 5.75 Å². The zero-order chi connectivity index (χ0) is 25.9. The van der Waals surface area contributed by atoms with Crippen molar-refractivity contribution in [3.05, 3.63) is 35.4 Å². The highest BCUT2D eigenvalue weighted by Crippen LogP contribution is 2.66. The summed E-state index contributed by atoms with van der Waals surface area (Å²) in [6.07, 6.45) is 2.68. The van der Waals surface area contributed by atoms with Crippen LogP contribution in [0.5, 0.6) is 5.75 Å². The van der Waals surface area contributed by atoms with E-state index in [0.717, 1.165) is 55.4 Å². The van der Waals surface area contributed by atoms with Crippen LogP contribution in [0.4, 0.5) is 13.2 Å². The van der Waals surface area contributed by atoms with Crippen molar-refractivity contribution in [1.82, 2.24) is 0 Å². The van der Waals surface area contributed by atoms with Gasteiger partial charge in [-0.05, 0) is 110 Å². The Balaban J connectivity index is 1.33. The first kappa shape index (κ1) is 25.3. The van der Waals surface area contributed by atoms with Gasteiger partial charge in [0.2, 0.25) is 0 Å². The van der Waals surface area contributed by atoms with E-state index in [9.17, 15) is 22.8 Å². The number of Topliss-reactive ketones (excluding diaryl/α,β-unsaturated/α-hetero) is 1. The number of ketones is 1. The molecule has 0 amide bonds. The van der Waals surface area contributed by atoms with Crippen LogP contribution in [0.15, 0.2) is 29.8 Å². The summed E-state index contributed by atoms with van der Waals surface area (Å²) in [4.78, 5) is 25.0. The van der Waals surface area contributed by atoms with Crippen LogP contribution in [0.3, 0.4) is 0 Å². The van der Waals surface area contributed by atoms with Crippen molar-refractivity contribution in [2.24, 2.45) is 34.5 Å². The number of alkyl halides is 3. The summed E-state index contributed by atoms with van der Waals surface area (Å²) >= 11 is 0. The van der Waals surface area contributed by atoms with Crippen LogP contribution in [0, 0.1) is 34.5 Å². The first-order valence-corrected chi connectivity index (χ1v) is 13.1. The first-order chi connectivity index (χ1) is 17.0. The molecule has 0 heterocycles. The van der Waals surface area contributed by atoms with E-state index < -0.39 is 18.2 Å². The Labute approximate surface area is 210 Å². The molecule has 0 aliphatic heterocycles. The number of halogens is 3. The van der Waals surface area contributed by atoms with Gasteiger partial charge in [0.1, 0.15) is 11.9 Å². The number of rotatable bonds is 3. The summed E-state index contributed by atoms with van der Waals surface area (Å²) in [5.74, 6) is 0.412. The Kier molecular flexibility index (Phi) is 6.27. The third-order valence-electron chi connectivity index (χ3n) is 10.2. The predicted octanol–water partition coefficient (Wildman–Crippen LogP) is 6.77. The van der Waals surface area contributed by atoms with Gasteiger partial charge in [0.25, 0.3) is 0 Å². The number of hydrogen-bond donors (Lipinski definition) is 0. The van der Waals surface area contributed by atoms with Gasteiger partial charge in [0.15, 0.2) is 5.78 Å². The van der Waals surface area contributed by atoms with Crippen LogP contribution in [0.1, 0.15) is 70.8 Å². The number of allylic oxidation sites excluding steroid dienone is 1. The third-order valence-corrected chi connectivity index (χ3v) is 10.2. The Morgan fingerprint density at radius 3 is 2.42 bits per heavy atom. The Morgan fingerprint density at radius 1 is 1.03 bits per heavy atom. The zero-order valence-electron chi connectivity index (χ0n) is 21.2. The fraction of sp³-hybridized carbons (Fsp3) is 0.655. The molecule has 4 fully saturated rings. The third kappa shape index (κ3) is 4.16. The van der Waals surface area contributed by atoms with Crippen LogP contribution in [0.25, 0.3) is 6.08 Å². The molecule has 0 unspecified atom stereocenters. The molecule has 4 aliphatic rings. The van der Waals surface area contributed by atoms with Gasteiger partial charge in [-0.15, -0.1) is 0 Å². The van der Waals surface area contributed by atoms with E-state index in [1.807, 2.05) is 30.3 Å². The fourth-order valence-corrected chi connectivity index (χ4v) is 8.24. The van der Waals surface area contributed by atoms with Gasteiger partial charge in [-0.2, -0.15) is 13.2 Å². The van der Waals surface area contributed by atoms with Crippen molar-refractivity contribution in [3.63, 3.8) is 0 Å². The van der Waals surface area contributed by atoms with Gasteiger partial charge in [-0.1, -0.05) is 26.0 Å². The molecule has 4 saturated carbocycles. The van der Waals surface area contributed by atoms with Crippen LogP contribution in [-0.4, -0.2) is 31.1 Å². The van der Waals surface area contributed by atoms with Crippen LogP contribution in [-0.2, 0) is 14.3 Å². The molecule has 0 aromatic heterocycles. The Hall–Kier alpha value is -2.31. The van der Waals surface area contributed by atoms with Crippen LogP contribution in [0.2, 0.25) is 0 Å². The smallest absolute Gasteiger partial charge is 0.490 e. The lowest BCUT2D eigenvalue weighted by Gasteiger charge is -2.60. The number of ether oxygens (including phenoxy) is 2. The monoisotopic (exact) mass is 504 g/mol. The maximum absolute atomic E-state index is 13.6. The van der Waals surface area contributed by atoms with Gasteiger partial charge in [0, 0.05) is 5.41 Å². The van der Waals surface area contributed by atoms with E-state index in [1.165, 1.54) is 0 Å². The average molecular weight is 505 g/mol. The number of fused-ring (bicyclic) bond motifs is 5. The molecule has 0 spiro atoms. The second kappa shape index (κ2) is 8.91. The highest BCUT2D eigenvalue weighted by Gasteiger charge is 2.61. The molecule has 7 atom stereocenters. The van der Waals surface area contributed by atoms with Gasteiger partial charge < -0.3 is 9.47 Å². The number of esters is 1. The molecular formula is C29H35F3O4. The minimum Gasteiger partial charge on any atom is -0.497 e.